The van der Waals surface area contributed by atoms with E-state index in [-0.39, 0.29) is 5.91 Å². The molecule has 0 aliphatic carbocycles. The van der Waals surface area contributed by atoms with E-state index in [1.54, 1.807) is 32.2 Å². The molecule has 1 saturated heterocycles. The third kappa shape index (κ3) is 3.16. The molecule has 1 aliphatic heterocycles. The molecule has 0 aromatic carbocycles. The molecule has 1 fully saturated rings. The fourth-order valence-electron chi connectivity index (χ4n) is 2.52. The maximum Gasteiger partial charge on any atom is 0.325 e. The Hall–Kier alpha value is -2.99. The number of nitriles is 1. The largest absolute Gasteiger partial charge is 0.352 e. The van der Waals surface area contributed by atoms with Gasteiger partial charge in [-0.2, -0.15) is 5.26 Å². The van der Waals surface area contributed by atoms with Crippen LogP contribution < -0.4 is 10.6 Å². The molecule has 1 aliphatic rings. The third-order valence-corrected chi connectivity index (χ3v) is 4.93. The van der Waals surface area contributed by atoms with Crippen molar-refractivity contribution in [2.45, 2.75) is 19.4 Å². The third-order valence-electron chi connectivity index (χ3n) is 3.99. The number of rotatable bonds is 5. The predicted octanol–water partition coefficient (Wildman–Crippen LogP) is 1.82. The zero-order valence-electron chi connectivity index (χ0n) is 13.7. The molecule has 8 nitrogen and oxygen atoms in total. The van der Waals surface area contributed by atoms with E-state index < -0.39 is 11.6 Å². The lowest BCUT2D eigenvalue weighted by atomic mass is 10.0. The van der Waals surface area contributed by atoms with Crippen LogP contribution >= 0.6 is 11.3 Å². The van der Waals surface area contributed by atoms with Gasteiger partial charge in [0.25, 0.3) is 5.91 Å². The number of carbonyl (C=O) groups is 2. The highest BCUT2D eigenvalue weighted by molar-refractivity contribution is 7.13. The van der Waals surface area contributed by atoms with Crippen LogP contribution in [0.5, 0.6) is 0 Å². The number of urea groups is 1. The van der Waals surface area contributed by atoms with Gasteiger partial charge in [-0.1, -0.05) is 0 Å². The minimum Gasteiger partial charge on any atom is -0.352 e. The fourth-order valence-corrected chi connectivity index (χ4v) is 3.34. The highest BCUT2D eigenvalue weighted by Crippen LogP contribution is 2.27. The van der Waals surface area contributed by atoms with Gasteiger partial charge in [0.2, 0.25) is 5.95 Å². The Morgan fingerprint density at radius 2 is 2.20 bits per heavy atom. The summed E-state index contributed by atoms with van der Waals surface area (Å²) in [6.07, 6.45) is 1.61. The normalized spacial score (nSPS) is 15.8. The molecule has 3 heterocycles. The Morgan fingerprint density at radius 3 is 2.88 bits per heavy atom. The number of thiophene rings is 1. The van der Waals surface area contributed by atoms with Crippen LogP contribution in [0.25, 0.3) is 10.6 Å². The van der Waals surface area contributed by atoms with Gasteiger partial charge in [-0.3, -0.25) is 10.1 Å². The summed E-state index contributed by atoms with van der Waals surface area (Å²) < 4.78 is 0. The van der Waals surface area contributed by atoms with Crippen LogP contribution in [0.4, 0.5) is 10.7 Å². The first-order valence-electron chi connectivity index (χ1n) is 7.61. The van der Waals surface area contributed by atoms with Crippen molar-refractivity contribution in [1.82, 2.24) is 20.2 Å². The van der Waals surface area contributed by atoms with Crippen molar-refractivity contribution in [2.75, 3.05) is 18.4 Å². The summed E-state index contributed by atoms with van der Waals surface area (Å²) >= 11 is 1.44. The van der Waals surface area contributed by atoms with E-state index in [4.69, 9.17) is 5.26 Å². The summed E-state index contributed by atoms with van der Waals surface area (Å²) in [5.74, 6) is 0.0935. The molecule has 0 radical (unpaired) electrons. The van der Waals surface area contributed by atoms with Gasteiger partial charge in [0, 0.05) is 19.3 Å². The van der Waals surface area contributed by atoms with Crippen molar-refractivity contribution >= 4 is 29.2 Å². The van der Waals surface area contributed by atoms with Gasteiger partial charge in [-0.05, 0) is 31.4 Å². The van der Waals surface area contributed by atoms with E-state index in [1.165, 1.54) is 16.2 Å². The van der Waals surface area contributed by atoms with E-state index in [0.717, 1.165) is 4.88 Å². The van der Waals surface area contributed by atoms with Crippen LogP contribution in [0.1, 0.15) is 19.4 Å². The minimum atomic E-state index is -0.875. The first kappa shape index (κ1) is 16.9. The van der Waals surface area contributed by atoms with Gasteiger partial charge in [-0.15, -0.1) is 11.3 Å². The van der Waals surface area contributed by atoms with E-state index in [2.05, 4.69) is 26.7 Å². The van der Waals surface area contributed by atoms with Gasteiger partial charge < -0.3 is 10.2 Å². The van der Waals surface area contributed by atoms with Crippen LogP contribution in [0.2, 0.25) is 0 Å². The maximum absolute atomic E-state index is 11.8. The second kappa shape index (κ2) is 6.49. The minimum absolute atomic E-state index is 0.308. The van der Waals surface area contributed by atoms with Crippen molar-refractivity contribution < 1.29 is 9.59 Å². The number of carbonyl (C=O) groups excluding carboxylic acids is 2. The maximum atomic E-state index is 11.8. The summed E-state index contributed by atoms with van der Waals surface area (Å²) in [6, 6.07) is 5.23. The van der Waals surface area contributed by atoms with Gasteiger partial charge in [0.1, 0.15) is 11.6 Å². The van der Waals surface area contributed by atoms with Crippen molar-refractivity contribution in [1.29, 1.82) is 5.26 Å². The zero-order valence-corrected chi connectivity index (χ0v) is 14.6. The summed E-state index contributed by atoms with van der Waals surface area (Å²) in [6.45, 7) is 4.12. The smallest absolute Gasteiger partial charge is 0.325 e. The molecular weight excluding hydrogens is 340 g/mol. The monoisotopic (exact) mass is 356 g/mol. The van der Waals surface area contributed by atoms with Crippen molar-refractivity contribution in [3.05, 3.63) is 29.3 Å². The molecule has 9 heteroatoms. The number of hydrogen-bond donors (Lipinski definition) is 2. The van der Waals surface area contributed by atoms with Crippen molar-refractivity contribution in [3.63, 3.8) is 0 Å². The highest BCUT2D eigenvalue weighted by atomic mass is 32.1. The quantitative estimate of drug-likeness (QED) is 0.791. The van der Waals surface area contributed by atoms with Crippen molar-refractivity contribution in [2.24, 2.45) is 0 Å². The van der Waals surface area contributed by atoms with Crippen LogP contribution in [-0.2, 0) is 4.79 Å². The number of nitrogens with one attached hydrogen (secondary N) is 2. The molecule has 2 N–H and O–H groups in total. The molecule has 3 rings (SSSR count). The van der Waals surface area contributed by atoms with E-state index in [1.807, 2.05) is 5.38 Å². The van der Waals surface area contributed by atoms with Gasteiger partial charge >= 0.3 is 6.03 Å². The first-order chi connectivity index (χ1) is 11.9. The highest BCUT2D eigenvalue weighted by Gasteiger charge is 2.44. The Balaban J connectivity index is 1.67. The lowest BCUT2D eigenvalue weighted by Gasteiger charge is -2.27. The van der Waals surface area contributed by atoms with Gasteiger partial charge in [0.05, 0.1) is 16.1 Å². The van der Waals surface area contributed by atoms with Crippen LogP contribution in [0.15, 0.2) is 23.7 Å². The molecule has 0 atom stereocenters. The number of amides is 3. The molecule has 0 saturated carbocycles. The van der Waals surface area contributed by atoms with Crippen LogP contribution in [-0.4, -0.2) is 45.4 Å². The molecule has 128 valence electrons. The van der Waals surface area contributed by atoms with Gasteiger partial charge in [-0.25, -0.2) is 14.8 Å². The summed E-state index contributed by atoms with van der Waals surface area (Å²) in [5.41, 5.74) is 0.363. The fraction of sp³-hybridized carbons (Fsp3) is 0.312. The molecule has 2 aromatic rings. The molecule has 2 aromatic heterocycles. The molecule has 0 spiro atoms. The lowest BCUT2D eigenvalue weighted by Crippen LogP contribution is -2.46. The summed E-state index contributed by atoms with van der Waals surface area (Å²) in [7, 11) is 0. The first-order valence-corrected chi connectivity index (χ1v) is 8.49. The summed E-state index contributed by atoms with van der Waals surface area (Å²) in [4.78, 5) is 34.4. The number of imide groups is 1. The standard InChI is InChI=1S/C16H16N6O2S/c1-16(2)13(23)21-15(24)22(16)7-6-19-14-18-5-3-11(20-14)12-10(9-17)4-8-25-12/h3-5,8H,6-7H2,1-2H3,(H,18,19,20)(H,21,23,24). The average molecular weight is 356 g/mol. The average Bonchev–Trinajstić information content (AvgIpc) is 3.13. The number of aromatic nitrogens is 2. The zero-order chi connectivity index (χ0) is 18.0. The van der Waals surface area contributed by atoms with Crippen LogP contribution in [0.3, 0.4) is 0 Å². The number of anilines is 1. The van der Waals surface area contributed by atoms with Crippen LogP contribution in [0, 0.1) is 11.3 Å². The van der Waals surface area contributed by atoms with Crippen molar-refractivity contribution in [3.8, 4) is 16.6 Å². The lowest BCUT2D eigenvalue weighted by molar-refractivity contribution is -0.125. The number of nitrogens with zero attached hydrogens (tertiary/aromatic N) is 4. The number of hydrogen-bond acceptors (Lipinski definition) is 7. The second-order valence-corrected chi connectivity index (χ2v) is 6.85. The SMILES string of the molecule is CC1(C)C(=O)NC(=O)N1CCNc1nccc(-c2sccc2C#N)n1. The Kier molecular flexibility index (Phi) is 4.37. The van der Waals surface area contributed by atoms with E-state index in [0.29, 0.717) is 30.3 Å². The molecule has 3 amide bonds. The Morgan fingerprint density at radius 1 is 1.40 bits per heavy atom. The molecular formula is C16H16N6O2S. The van der Waals surface area contributed by atoms with E-state index >= 15 is 0 Å². The van der Waals surface area contributed by atoms with Gasteiger partial charge in [0.15, 0.2) is 0 Å². The summed E-state index contributed by atoms with van der Waals surface area (Å²) in [5, 5.41) is 16.3. The Labute approximate surface area is 148 Å². The Bertz CT molecular complexity index is 870. The van der Waals surface area contributed by atoms with E-state index in [9.17, 15) is 9.59 Å². The second-order valence-electron chi connectivity index (χ2n) is 5.94. The molecule has 0 bridgehead atoms. The molecule has 25 heavy (non-hydrogen) atoms. The molecule has 0 unspecified atom stereocenters. The predicted molar refractivity (Wildman–Crippen MR) is 92.9 cm³/mol. The topological polar surface area (TPSA) is 111 Å².